The summed E-state index contributed by atoms with van der Waals surface area (Å²) in [4.78, 5) is 21.3. The number of rotatable bonds is 5. The molecule has 0 fully saturated rings. The van der Waals surface area contributed by atoms with Gasteiger partial charge in [0.25, 0.3) is 5.69 Å². The molecule has 0 aromatic heterocycles. The lowest BCUT2D eigenvalue weighted by Crippen LogP contribution is -2.17. The third kappa shape index (κ3) is 3.75. The summed E-state index contributed by atoms with van der Waals surface area (Å²) in [5.74, 6) is -0.516. The molecule has 98 valence electrons. The predicted octanol–water partition coefficient (Wildman–Crippen LogP) is 2.88. The van der Waals surface area contributed by atoms with Gasteiger partial charge in [-0.3, -0.25) is 14.9 Å². The molecule has 0 spiro atoms. The minimum atomic E-state index is -0.615. The Labute approximate surface area is 113 Å². The Morgan fingerprint density at radius 2 is 2.06 bits per heavy atom. The molecule has 0 saturated heterocycles. The predicted molar refractivity (Wildman–Crippen MR) is 68.2 cm³/mol. The van der Waals surface area contributed by atoms with E-state index in [1.807, 2.05) is 0 Å². The van der Waals surface area contributed by atoms with E-state index in [0.717, 1.165) is 6.07 Å². The van der Waals surface area contributed by atoms with Gasteiger partial charge >= 0.3 is 5.97 Å². The number of ether oxygens (including phenoxy) is 1. The van der Waals surface area contributed by atoms with Crippen LogP contribution in [-0.2, 0) is 9.53 Å². The summed E-state index contributed by atoms with van der Waals surface area (Å²) in [6.07, 6.45) is 0. The van der Waals surface area contributed by atoms with Crippen molar-refractivity contribution in [3.8, 4) is 0 Å². The molecule has 18 heavy (non-hydrogen) atoms. The fourth-order valence-corrected chi connectivity index (χ4v) is 1.53. The Kier molecular flexibility index (Phi) is 5.18. The Morgan fingerprint density at radius 3 is 2.61 bits per heavy atom. The van der Waals surface area contributed by atoms with Crippen LogP contribution in [-0.4, -0.2) is 24.0 Å². The number of esters is 1. The van der Waals surface area contributed by atoms with Crippen molar-refractivity contribution in [2.24, 2.45) is 0 Å². The van der Waals surface area contributed by atoms with E-state index in [9.17, 15) is 14.9 Å². The van der Waals surface area contributed by atoms with E-state index in [1.54, 1.807) is 6.92 Å². The molecule has 0 amide bonds. The molecule has 0 radical (unpaired) electrons. The van der Waals surface area contributed by atoms with Crippen LogP contribution in [0.4, 0.5) is 11.4 Å². The first-order valence-corrected chi connectivity index (χ1v) is 5.74. The summed E-state index contributed by atoms with van der Waals surface area (Å²) in [6, 6.07) is 2.42. The summed E-state index contributed by atoms with van der Waals surface area (Å²) >= 11 is 11.4. The molecule has 0 heterocycles. The molecule has 1 rings (SSSR count). The number of nitrogens with zero attached hydrogens (tertiary/aromatic N) is 1. The summed E-state index contributed by atoms with van der Waals surface area (Å²) in [5.41, 5.74) is -0.142. The topological polar surface area (TPSA) is 81.5 Å². The molecule has 1 aromatic rings. The zero-order valence-electron chi connectivity index (χ0n) is 9.41. The number of nitrogens with one attached hydrogen (secondary N) is 1. The van der Waals surface area contributed by atoms with Crippen LogP contribution in [0.3, 0.4) is 0 Å². The van der Waals surface area contributed by atoms with E-state index in [-0.39, 0.29) is 34.6 Å². The van der Waals surface area contributed by atoms with Crippen molar-refractivity contribution in [2.75, 3.05) is 18.5 Å². The van der Waals surface area contributed by atoms with Gasteiger partial charge < -0.3 is 10.1 Å². The van der Waals surface area contributed by atoms with Gasteiger partial charge in [0.2, 0.25) is 0 Å². The summed E-state index contributed by atoms with van der Waals surface area (Å²) in [5, 5.41) is 13.6. The van der Waals surface area contributed by atoms with Gasteiger partial charge in [0.15, 0.2) is 0 Å². The SMILES string of the molecule is CCOC(=O)CNc1cc(Cl)c(Cl)cc1[N+](=O)[O-]. The fourth-order valence-electron chi connectivity index (χ4n) is 1.21. The minimum absolute atomic E-state index is 0.0741. The molecule has 1 N–H and O–H groups in total. The van der Waals surface area contributed by atoms with Crippen LogP contribution in [0.5, 0.6) is 0 Å². The summed E-state index contributed by atoms with van der Waals surface area (Å²) in [7, 11) is 0. The van der Waals surface area contributed by atoms with Gasteiger partial charge in [0, 0.05) is 6.07 Å². The van der Waals surface area contributed by atoms with Gasteiger partial charge in [-0.25, -0.2) is 0 Å². The van der Waals surface area contributed by atoms with Crippen LogP contribution in [0.15, 0.2) is 12.1 Å². The third-order valence-electron chi connectivity index (χ3n) is 1.96. The highest BCUT2D eigenvalue weighted by Gasteiger charge is 2.17. The fraction of sp³-hybridized carbons (Fsp3) is 0.300. The smallest absolute Gasteiger partial charge is 0.325 e. The second kappa shape index (κ2) is 6.42. The van der Waals surface area contributed by atoms with E-state index in [1.165, 1.54) is 6.07 Å². The lowest BCUT2D eigenvalue weighted by molar-refractivity contribution is -0.383. The molecule has 0 bridgehead atoms. The maximum Gasteiger partial charge on any atom is 0.325 e. The quantitative estimate of drug-likeness (QED) is 0.513. The molecule has 0 aliphatic rings. The monoisotopic (exact) mass is 292 g/mol. The molecule has 0 saturated carbocycles. The standard InChI is InChI=1S/C10H10Cl2N2O4/c1-2-18-10(15)5-13-8-3-6(11)7(12)4-9(8)14(16)17/h3-4,13H,2,5H2,1H3. The molecule has 0 unspecified atom stereocenters. The highest BCUT2D eigenvalue weighted by atomic mass is 35.5. The van der Waals surface area contributed by atoms with E-state index in [4.69, 9.17) is 23.2 Å². The first-order valence-electron chi connectivity index (χ1n) is 4.98. The lowest BCUT2D eigenvalue weighted by atomic mass is 10.2. The van der Waals surface area contributed by atoms with Gasteiger partial charge in [0.05, 0.1) is 21.6 Å². The maximum atomic E-state index is 11.1. The molecule has 8 heteroatoms. The van der Waals surface area contributed by atoms with E-state index in [0.29, 0.717) is 0 Å². The molecule has 0 aliphatic carbocycles. The average molecular weight is 293 g/mol. The van der Waals surface area contributed by atoms with Crippen molar-refractivity contribution in [1.29, 1.82) is 0 Å². The first kappa shape index (κ1) is 14.5. The minimum Gasteiger partial charge on any atom is -0.465 e. The van der Waals surface area contributed by atoms with E-state index < -0.39 is 10.9 Å². The first-order chi connectivity index (χ1) is 8.45. The van der Waals surface area contributed by atoms with Crippen molar-refractivity contribution >= 4 is 40.5 Å². The molecule has 0 atom stereocenters. The van der Waals surface area contributed by atoms with Crippen LogP contribution in [0.2, 0.25) is 10.0 Å². The van der Waals surface area contributed by atoms with Gasteiger partial charge in [0.1, 0.15) is 12.2 Å². The summed E-state index contributed by atoms with van der Waals surface area (Å²) < 4.78 is 4.69. The second-order valence-electron chi connectivity index (χ2n) is 3.20. The highest BCUT2D eigenvalue weighted by molar-refractivity contribution is 6.42. The van der Waals surface area contributed by atoms with Crippen LogP contribution in [0.25, 0.3) is 0 Å². The zero-order valence-corrected chi connectivity index (χ0v) is 10.9. The van der Waals surface area contributed by atoms with Gasteiger partial charge in [-0.2, -0.15) is 0 Å². The number of benzene rings is 1. The van der Waals surface area contributed by atoms with E-state index in [2.05, 4.69) is 10.1 Å². The van der Waals surface area contributed by atoms with Crippen molar-refractivity contribution < 1.29 is 14.5 Å². The second-order valence-corrected chi connectivity index (χ2v) is 4.01. The Bertz CT molecular complexity index is 479. The van der Waals surface area contributed by atoms with Crippen molar-refractivity contribution in [1.82, 2.24) is 0 Å². The molecular formula is C10H10Cl2N2O4. The number of anilines is 1. The number of nitro benzene ring substituents is 1. The van der Waals surface area contributed by atoms with Crippen LogP contribution in [0.1, 0.15) is 6.92 Å². The Balaban J connectivity index is 2.90. The molecule has 1 aromatic carbocycles. The molecule has 6 nitrogen and oxygen atoms in total. The van der Waals surface area contributed by atoms with Crippen molar-refractivity contribution in [2.45, 2.75) is 6.92 Å². The third-order valence-corrected chi connectivity index (χ3v) is 2.69. The Hall–Kier alpha value is -1.53. The molecule has 0 aliphatic heterocycles. The number of carbonyl (C=O) groups is 1. The number of carbonyl (C=O) groups excluding carboxylic acids is 1. The number of nitro groups is 1. The van der Waals surface area contributed by atoms with Crippen molar-refractivity contribution in [3.05, 3.63) is 32.3 Å². The van der Waals surface area contributed by atoms with Gasteiger partial charge in [-0.15, -0.1) is 0 Å². The maximum absolute atomic E-state index is 11.1. The normalized spacial score (nSPS) is 9.94. The zero-order chi connectivity index (χ0) is 13.7. The van der Waals surface area contributed by atoms with Crippen LogP contribution < -0.4 is 5.32 Å². The Morgan fingerprint density at radius 1 is 1.44 bits per heavy atom. The number of halogens is 2. The van der Waals surface area contributed by atoms with Crippen LogP contribution >= 0.6 is 23.2 Å². The van der Waals surface area contributed by atoms with Gasteiger partial charge in [-0.1, -0.05) is 23.2 Å². The lowest BCUT2D eigenvalue weighted by Gasteiger charge is -2.07. The highest BCUT2D eigenvalue weighted by Crippen LogP contribution is 2.33. The van der Waals surface area contributed by atoms with E-state index >= 15 is 0 Å². The largest absolute Gasteiger partial charge is 0.465 e. The number of hydrogen-bond acceptors (Lipinski definition) is 5. The van der Waals surface area contributed by atoms with Gasteiger partial charge in [-0.05, 0) is 13.0 Å². The van der Waals surface area contributed by atoms with Crippen molar-refractivity contribution in [3.63, 3.8) is 0 Å². The number of hydrogen-bond donors (Lipinski definition) is 1. The molecular weight excluding hydrogens is 283 g/mol. The summed E-state index contributed by atoms with van der Waals surface area (Å²) in [6.45, 7) is 1.72. The average Bonchev–Trinajstić information content (AvgIpc) is 2.30. The van der Waals surface area contributed by atoms with Crippen LogP contribution in [0, 0.1) is 10.1 Å².